The second-order valence-corrected chi connectivity index (χ2v) is 17.5. The minimum absolute atomic E-state index is 0.0000132. The average Bonchev–Trinajstić information content (AvgIpc) is 3.14. The van der Waals surface area contributed by atoms with Crippen LogP contribution < -0.4 is 4.74 Å². The molecule has 0 aliphatic carbocycles. The largest absolute Gasteiger partial charge is 0.478 e. The Balaban J connectivity index is 1.17. The molecule has 0 saturated carbocycles. The lowest BCUT2D eigenvalue weighted by Crippen LogP contribution is -2.25. The van der Waals surface area contributed by atoms with Gasteiger partial charge in [0.05, 0.1) is 55.6 Å². The molecule has 0 aromatic heterocycles. The quantitative estimate of drug-likeness (QED) is 0.0865. The molecule has 5 rings (SSSR count). The molecule has 0 saturated heterocycles. The number of benzene rings is 5. The van der Waals surface area contributed by atoms with Gasteiger partial charge in [0.15, 0.2) is 0 Å². The van der Waals surface area contributed by atoms with E-state index in [1.54, 1.807) is 18.2 Å². The summed E-state index contributed by atoms with van der Waals surface area (Å²) in [5.74, 6) is -3.28. The Bertz CT molecular complexity index is 2350. The summed E-state index contributed by atoms with van der Waals surface area (Å²) in [7, 11) is 0. The van der Waals surface area contributed by atoms with Crippen LogP contribution in [0.1, 0.15) is 80.3 Å². The second-order valence-electron chi connectivity index (χ2n) is 15.1. The summed E-state index contributed by atoms with van der Waals surface area (Å²) in [4.78, 5) is 49.5. The Kier molecular flexibility index (Phi) is 14.5. The summed E-state index contributed by atoms with van der Waals surface area (Å²) in [6.07, 6.45) is 0.994. The van der Waals surface area contributed by atoms with Crippen LogP contribution >= 0.6 is 69.6 Å². The van der Waals surface area contributed by atoms with E-state index in [0.717, 1.165) is 22.3 Å². The van der Waals surface area contributed by atoms with Gasteiger partial charge >= 0.3 is 23.9 Å². The molecule has 0 aliphatic rings. The number of hydrogen-bond acceptors (Lipinski definition) is 7. The van der Waals surface area contributed by atoms with E-state index in [1.807, 2.05) is 64.1 Å². The van der Waals surface area contributed by atoms with Crippen molar-refractivity contribution in [1.82, 2.24) is 0 Å². The van der Waals surface area contributed by atoms with Gasteiger partial charge in [-0.15, -0.1) is 0 Å². The van der Waals surface area contributed by atoms with Gasteiger partial charge < -0.3 is 19.3 Å². The molecule has 5 aromatic carbocycles. The normalized spacial score (nSPS) is 11.6. The first kappa shape index (κ1) is 44.8. The highest BCUT2D eigenvalue weighted by Gasteiger charge is 2.27. The standard InChI is InChI=1S/C44H36Cl6O8/c1-43(2,22-56-41(54)37-31(45)6-5-7-32(37)46)20-28-14-12-26(16-33(28)47)27-13-15-29(34(48)17-27)21-44(3,4)23-57-42(55)38-35(49)18-30(19-36(38)50)58-40(53)25-10-8-24(9-11-25)39(51)52/h5-19H,20-23H2,1-4H3,(H,51,52). The van der Waals surface area contributed by atoms with Crippen molar-refractivity contribution < 1.29 is 38.5 Å². The van der Waals surface area contributed by atoms with Gasteiger partial charge in [0, 0.05) is 33.0 Å². The molecule has 5 aromatic rings. The van der Waals surface area contributed by atoms with Gasteiger partial charge in [-0.1, -0.05) is 128 Å². The fourth-order valence-corrected chi connectivity index (χ4v) is 7.62. The van der Waals surface area contributed by atoms with Crippen molar-refractivity contribution in [3.63, 3.8) is 0 Å². The Morgan fingerprint density at radius 3 is 1.34 bits per heavy atom. The van der Waals surface area contributed by atoms with Crippen LogP contribution in [0.2, 0.25) is 30.1 Å². The predicted molar refractivity (Wildman–Crippen MR) is 229 cm³/mol. The molecular formula is C44H36Cl6O8. The number of carbonyl (C=O) groups is 4. The lowest BCUT2D eigenvalue weighted by atomic mass is 9.85. The lowest BCUT2D eigenvalue weighted by Gasteiger charge is -2.25. The Morgan fingerprint density at radius 2 is 0.931 bits per heavy atom. The van der Waals surface area contributed by atoms with Crippen LogP contribution in [0, 0.1) is 10.8 Å². The summed E-state index contributed by atoms with van der Waals surface area (Å²) in [6.45, 7) is 7.90. The van der Waals surface area contributed by atoms with E-state index in [0.29, 0.717) is 22.9 Å². The molecule has 0 radical (unpaired) electrons. The zero-order chi connectivity index (χ0) is 42.5. The molecule has 1 N–H and O–H groups in total. The molecule has 14 heteroatoms. The van der Waals surface area contributed by atoms with Crippen molar-refractivity contribution in [2.75, 3.05) is 13.2 Å². The summed E-state index contributed by atoms with van der Waals surface area (Å²) >= 11 is 38.7. The third kappa shape index (κ3) is 11.5. The second kappa shape index (κ2) is 18.8. The fraction of sp³-hybridized carbons (Fsp3) is 0.227. The molecule has 8 nitrogen and oxygen atoms in total. The highest BCUT2D eigenvalue weighted by atomic mass is 35.5. The van der Waals surface area contributed by atoms with Gasteiger partial charge in [-0.05, 0) is 83.6 Å². The number of carboxylic acid groups (broad SMARTS) is 1. The SMILES string of the molecule is CC(C)(COC(=O)c1c(Cl)cccc1Cl)Cc1ccc(-c2ccc(CC(C)(C)COC(=O)c3c(Cl)cc(OC(=O)c4ccc(C(=O)O)cc4)cc3Cl)c(Cl)c2)cc1Cl. The molecule has 0 fully saturated rings. The minimum atomic E-state index is -1.13. The monoisotopic (exact) mass is 902 g/mol. The number of aromatic carboxylic acids is 1. The van der Waals surface area contributed by atoms with E-state index >= 15 is 0 Å². The maximum atomic E-state index is 13.1. The third-order valence-electron chi connectivity index (χ3n) is 8.93. The van der Waals surface area contributed by atoms with Crippen LogP contribution in [-0.4, -0.2) is 42.2 Å². The first-order valence-corrected chi connectivity index (χ1v) is 19.9. The van der Waals surface area contributed by atoms with Crippen molar-refractivity contribution in [2.45, 2.75) is 40.5 Å². The van der Waals surface area contributed by atoms with Crippen LogP contribution in [0.15, 0.2) is 91.0 Å². The first-order valence-electron chi connectivity index (χ1n) is 17.6. The lowest BCUT2D eigenvalue weighted by molar-refractivity contribution is 0.0335. The van der Waals surface area contributed by atoms with Crippen LogP contribution in [0.4, 0.5) is 0 Å². The van der Waals surface area contributed by atoms with E-state index in [2.05, 4.69) is 0 Å². The van der Waals surface area contributed by atoms with Gasteiger partial charge in [-0.3, -0.25) is 0 Å². The molecule has 0 unspecified atom stereocenters. The van der Waals surface area contributed by atoms with Crippen molar-refractivity contribution in [1.29, 1.82) is 0 Å². The van der Waals surface area contributed by atoms with E-state index in [4.69, 9.17) is 88.9 Å². The maximum absolute atomic E-state index is 13.1. The van der Waals surface area contributed by atoms with Gasteiger partial charge in [-0.2, -0.15) is 0 Å². The molecule has 0 amide bonds. The highest BCUT2D eigenvalue weighted by molar-refractivity contribution is 6.40. The first-order chi connectivity index (χ1) is 27.2. The van der Waals surface area contributed by atoms with Crippen molar-refractivity contribution >= 4 is 93.5 Å². The molecule has 58 heavy (non-hydrogen) atoms. The van der Waals surface area contributed by atoms with Gasteiger partial charge in [0.1, 0.15) is 5.75 Å². The minimum Gasteiger partial charge on any atom is -0.478 e. The molecular weight excluding hydrogens is 869 g/mol. The predicted octanol–water partition coefficient (Wildman–Crippen LogP) is 13.0. The summed E-state index contributed by atoms with van der Waals surface area (Å²) < 4.78 is 16.6. The fourth-order valence-electron chi connectivity index (χ4n) is 5.95. The Morgan fingerprint density at radius 1 is 0.517 bits per heavy atom. The summed E-state index contributed by atoms with van der Waals surface area (Å²) in [6, 6.07) is 24.0. The molecule has 0 atom stereocenters. The number of carbonyl (C=O) groups excluding carboxylic acids is 3. The van der Waals surface area contributed by atoms with E-state index in [-0.39, 0.29) is 61.3 Å². The zero-order valence-corrected chi connectivity index (χ0v) is 36.1. The molecule has 0 heterocycles. The maximum Gasteiger partial charge on any atom is 0.343 e. The number of hydrogen-bond donors (Lipinski definition) is 1. The zero-order valence-electron chi connectivity index (χ0n) is 31.6. The number of halogens is 6. The highest BCUT2D eigenvalue weighted by Crippen LogP contribution is 2.36. The van der Waals surface area contributed by atoms with Crippen molar-refractivity contribution in [3.8, 4) is 16.9 Å². The van der Waals surface area contributed by atoms with E-state index < -0.39 is 34.7 Å². The number of ether oxygens (including phenoxy) is 3. The van der Waals surface area contributed by atoms with Crippen LogP contribution in [0.5, 0.6) is 5.75 Å². The Hall–Kier alpha value is -4.28. The van der Waals surface area contributed by atoms with E-state index in [9.17, 15) is 19.2 Å². The van der Waals surface area contributed by atoms with Crippen LogP contribution in [0.25, 0.3) is 11.1 Å². The third-order valence-corrected chi connectivity index (χ3v) is 10.9. The molecule has 0 bridgehead atoms. The van der Waals surface area contributed by atoms with Crippen molar-refractivity contribution in [2.24, 2.45) is 10.8 Å². The number of carboxylic acids is 1. The van der Waals surface area contributed by atoms with Gasteiger partial charge in [0.25, 0.3) is 0 Å². The summed E-state index contributed by atoms with van der Waals surface area (Å²) in [5.41, 5.74) is 2.57. The van der Waals surface area contributed by atoms with Gasteiger partial charge in [-0.25, -0.2) is 19.2 Å². The van der Waals surface area contributed by atoms with E-state index in [1.165, 1.54) is 36.4 Å². The summed E-state index contributed by atoms with van der Waals surface area (Å²) in [5, 5.41) is 10.4. The number of esters is 3. The Labute approximate surface area is 365 Å². The van der Waals surface area contributed by atoms with Gasteiger partial charge in [0.2, 0.25) is 0 Å². The number of rotatable bonds is 14. The molecule has 0 aliphatic heterocycles. The molecule has 0 spiro atoms. The average molecular weight is 905 g/mol. The molecule has 302 valence electrons. The smallest absolute Gasteiger partial charge is 0.343 e. The topological polar surface area (TPSA) is 116 Å². The van der Waals surface area contributed by atoms with Crippen LogP contribution in [0.3, 0.4) is 0 Å². The van der Waals surface area contributed by atoms with Crippen molar-refractivity contribution in [3.05, 3.63) is 155 Å². The van der Waals surface area contributed by atoms with Crippen LogP contribution in [-0.2, 0) is 22.3 Å².